The van der Waals surface area contributed by atoms with Crippen LogP contribution in [0.1, 0.15) is 16.1 Å². The molecule has 0 saturated heterocycles. The minimum atomic E-state index is -0.264. The van der Waals surface area contributed by atoms with E-state index >= 15 is 0 Å². The van der Waals surface area contributed by atoms with Crippen LogP contribution in [0.3, 0.4) is 0 Å². The van der Waals surface area contributed by atoms with E-state index in [1.807, 2.05) is 0 Å². The Hall–Kier alpha value is -3.36. The molecule has 2 aromatic rings. The number of benzene rings is 1. The lowest BCUT2D eigenvalue weighted by atomic mass is 10.1. The topological polar surface area (TPSA) is 114 Å². The average molecular weight is 344 g/mol. The number of phenols is 1. The van der Waals surface area contributed by atoms with Gasteiger partial charge in [-0.15, -0.1) is 0 Å². The van der Waals surface area contributed by atoms with Gasteiger partial charge in [0.2, 0.25) is 5.91 Å². The molecular weight excluding hydrogens is 328 g/mol. The number of aldehydes is 1. The predicted molar refractivity (Wildman–Crippen MR) is 88.3 cm³/mol. The molecule has 130 valence electrons. The van der Waals surface area contributed by atoms with E-state index in [1.54, 1.807) is 6.07 Å². The minimum absolute atomic E-state index is 0.0134. The van der Waals surface area contributed by atoms with Gasteiger partial charge in [-0.25, -0.2) is 9.97 Å². The Bertz CT molecular complexity index is 840. The molecule has 9 nitrogen and oxygen atoms in total. The molecule has 9 heteroatoms. The molecule has 2 heterocycles. The third kappa shape index (κ3) is 2.91. The van der Waals surface area contributed by atoms with Crippen LogP contribution in [-0.2, 0) is 11.3 Å². The Balaban J connectivity index is 2.05. The van der Waals surface area contributed by atoms with Crippen LogP contribution in [0, 0.1) is 0 Å². The fraction of sp³-hybridized carbons (Fsp3) is 0.250. The third-order valence-electron chi connectivity index (χ3n) is 3.87. The van der Waals surface area contributed by atoms with Crippen molar-refractivity contribution < 1.29 is 24.2 Å². The van der Waals surface area contributed by atoms with Gasteiger partial charge in [0.05, 0.1) is 32.9 Å². The normalized spacial score (nSPS) is 13.0. The van der Waals surface area contributed by atoms with Crippen molar-refractivity contribution >= 4 is 23.7 Å². The summed E-state index contributed by atoms with van der Waals surface area (Å²) in [6, 6.07) is 3.04. The van der Waals surface area contributed by atoms with Gasteiger partial charge in [0, 0.05) is 12.1 Å². The molecule has 0 radical (unpaired) electrons. The van der Waals surface area contributed by atoms with Gasteiger partial charge in [0.1, 0.15) is 35.0 Å². The SMILES string of the molecule is COc1cc(O)c(CN2C(=O)CNc3c(C=O)ncnc32)c(OC)c1. The van der Waals surface area contributed by atoms with Gasteiger partial charge < -0.3 is 19.9 Å². The van der Waals surface area contributed by atoms with Crippen LogP contribution in [0.15, 0.2) is 18.5 Å². The molecule has 1 amide bonds. The van der Waals surface area contributed by atoms with Gasteiger partial charge in [-0.05, 0) is 0 Å². The Morgan fingerprint density at radius 3 is 2.80 bits per heavy atom. The summed E-state index contributed by atoms with van der Waals surface area (Å²) >= 11 is 0. The highest BCUT2D eigenvalue weighted by molar-refractivity contribution is 6.04. The van der Waals surface area contributed by atoms with Gasteiger partial charge in [0.25, 0.3) is 0 Å². The number of methoxy groups -OCH3 is 2. The standard InChI is InChI=1S/C16H16N4O5/c1-24-9-3-12(22)10(13(4-9)25-2)6-20-14(23)5-17-15-11(7-21)18-8-19-16(15)20/h3-4,7-8,17,22H,5-6H2,1-2H3. The Morgan fingerprint density at radius 2 is 2.12 bits per heavy atom. The van der Waals surface area contributed by atoms with E-state index in [-0.39, 0.29) is 36.3 Å². The summed E-state index contributed by atoms with van der Waals surface area (Å²) in [5.74, 6) is 0.727. The second-order valence-electron chi connectivity index (χ2n) is 5.24. The summed E-state index contributed by atoms with van der Waals surface area (Å²) in [5.41, 5.74) is 0.938. The highest BCUT2D eigenvalue weighted by Crippen LogP contribution is 2.37. The van der Waals surface area contributed by atoms with Crippen LogP contribution in [0.5, 0.6) is 17.2 Å². The van der Waals surface area contributed by atoms with Crippen LogP contribution in [0.2, 0.25) is 0 Å². The number of fused-ring (bicyclic) bond motifs is 1. The maximum Gasteiger partial charge on any atom is 0.247 e. The van der Waals surface area contributed by atoms with E-state index in [9.17, 15) is 14.7 Å². The first kappa shape index (κ1) is 16.5. The minimum Gasteiger partial charge on any atom is -0.507 e. The third-order valence-corrected chi connectivity index (χ3v) is 3.87. The summed E-state index contributed by atoms with van der Waals surface area (Å²) in [6.45, 7) is 0.00225. The number of rotatable bonds is 5. The number of hydrogen-bond acceptors (Lipinski definition) is 8. The van der Waals surface area contributed by atoms with Gasteiger partial charge in [-0.3, -0.25) is 14.5 Å². The van der Waals surface area contributed by atoms with E-state index < -0.39 is 0 Å². The van der Waals surface area contributed by atoms with Gasteiger partial charge in [-0.2, -0.15) is 0 Å². The molecule has 0 unspecified atom stereocenters. The summed E-state index contributed by atoms with van der Waals surface area (Å²) in [4.78, 5) is 32.9. The van der Waals surface area contributed by atoms with Gasteiger partial charge in [-0.1, -0.05) is 0 Å². The second kappa shape index (κ2) is 6.63. The molecule has 3 rings (SSSR count). The van der Waals surface area contributed by atoms with Crippen LogP contribution in [0.25, 0.3) is 0 Å². The molecule has 1 aromatic carbocycles. The van der Waals surface area contributed by atoms with Crippen molar-refractivity contribution in [3.8, 4) is 17.2 Å². The van der Waals surface area contributed by atoms with Gasteiger partial charge in [0.15, 0.2) is 12.1 Å². The second-order valence-corrected chi connectivity index (χ2v) is 5.24. The number of carbonyl (C=O) groups excluding carboxylic acids is 2. The maximum absolute atomic E-state index is 12.4. The van der Waals surface area contributed by atoms with Crippen molar-refractivity contribution in [1.29, 1.82) is 0 Å². The lowest BCUT2D eigenvalue weighted by Crippen LogP contribution is -2.40. The average Bonchev–Trinajstić information content (AvgIpc) is 2.64. The van der Waals surface area contributed by atoms with Crippen molar-refractivity contribution in [2.24, 2.45) is 0 Å². The van der Waals surface area contributed by atoms with Gasteiger partial charge >= 0.3 is 0 Å². The van der Waals surface area contributed by atoms with Crippen molar-refractivity contribution in [2.75, 3.05) is 31.0 Å². The summed E-state index contributed by atoms with van der Waals surface area (Å²) in [6.07, 6.45) is 1.80. The fourth-order valence-corrected chi connectivity index (χ4v) is 2.62. The molecule has 0 spiro atoms. The number of carbonyl (C=O) groups is 2. The van der Waals surface area contributed by atoms with E-state index in [2.05, 4.69) is 15.3 Å². The number of aromatic nitrogens is 2. The van der Waals surface area contributed by atoms with Crippen LogP contribution in [0.4, 0.5) is 11.5 Å². The molecule has 0 fully saturated rings. The molecule has 1 aliphatic heterocycles. The van der Waals surface area contributed by atoms with E-state index in [0.29, 0.717) is 29.0 Å². The zero-order valence-electron chi connectivity index (χ0n) is 13.6. The Morgan fingerprint density at radius 1 is 1.32 bits per heavy atom. The first-order valence-corrected chi connectivity index (χ1v) is 7.37. The number of hydrogen-bond donors (Lipinski definition) is 2. The van der Waals surface area contributed by atoms with E-state index in [0.717, 1.165) is 0 Å². The molecular formula is C16H16N4O5. The summed E-state index contributed by atoms with van der Waals surface area (Å²) < 4.78 is 10.4. The molecule has 1 aliphatic rings. The van der Waals surface area contributed by atoms with Crippen LogP contribution in [-0.4, -0.2) is 48.0 Å². The van der Waals surface area contributed by atoms with Crippen molar-refractivity contribution in [2.45, 2.75) is 6.54 Å². The molecule has 2 N–H and O–H groups in total. The number of nitrogens with zero attached hydrogens (tertiary/aromatic N) is 3. The lowest BCUT2D eigenvalue weighted by Gasteiger charge is -2.29. The quantitative estimate of drug-likeness (QED) is 0.771. The fourth-order valence-electron chi connectivity index (χ4n) is 2.62. The number of amides is 1. The van der Waals surface area contributed by atoms with Crippen LogP contribution < -0.4 is 19.7 Å². The predicted octanol–water partition coefficient (Wildman–Crippen LogP) is 0.971. The first-order chi connectivity index (χ1) is 12.1. The highest BCUT2D eigenvalue weighted by Gasteiger charge is 2.29. The number of ether oxygens (including phenoxy) is 2. The monoisotopic (exact) mass is 344 g/mol. The lowest BCUT2D eigenvalue weighted by molar-refractivity contribution is -0.117. The number of phenolic OH excluding ortho intramolecular Hbond substituents is 1. The Kier molecular flexibility index (Phi) is 4.38. The van der Waals surface area contributed by atoms with Crippen molar-refractivity contribution in [3.05, 3.63) is 29.7 Å². The van der Waals surface area contributed by atoms with E-state index in [4.69, 9.17) is 9.47 Å². The molecule has 25 heavy (non-hydrogen) atoms. The molecule has 1 aromatic heterocycles. The zero-order valence-corrected chi connectivity index (χ0v) is 13.6. The molecule has 0 saturated carbocycles. The molecule has 0 atom stereocenters. The zero-order chi connectivity index (χ0) is 18.0. The van der Waals surface area contributed by atoms with Crippen molar-refractivity contribution in [1.82, 2.24) is 9.97 Å². The first-order valence-electron chi connectivity index (χ1n) is 7.37. The summed E-state index contributed by atoms with van der Waals surface area (Å²) in [5, 5.41) is 13.1. The Labute approximate surface area is 143 Å². The van der Waals surface area contributed by atoms with Crippen LogP contribution >= 0.6 is 0 Å². The molecule has 0 bridgehead atoms. The number of aromatic hydroxyl groups is 1. The summed E-state index contributed by atoms with van der Waals surface area (Å²) in [7, 11) is 2.93. The maximum atomic E-state index is 12.4. The highest BCUT2D eigenvalue weighted by atomic mass is 16.5. The smallest absolute Gasteiger partial charge is 0.247 e. The largest absolute Gasteiger partial charge is 0.507 e. The van der Waals surface area contributed by atoms with Crippen molar-refractivity contribution in [3.63, 3.8) is 0 Å². The number of anilines is 2. The number of nitrogens with one attached hydrogen (secondary N) is 1. The van der Waals surface area contributed by atoms with E-state index in [1.165, 1.54) is 31.5 Å². The molecule has 0 aliphatic carbocycles.